The summed E-state index contributed by atoms with van der Waals surface area (Å²) in [5.41, 5.74) is 0. The van der Waals surface area contributed by atoms with Crippen LogP contribution in [-0.2, 0) is 36.8 Å². The van der Waals surface area contributed by atoms with Crippen molar-refractivity contribution in [2.45, 2.75) is 85.5 Å². The van der Waals surface area contributed by atoms with E-state index in [-0.39, 0.29) is 40.0 Å². The van der Waals surface area contributed by atoms with Gasteiger partial charge in [-0.1, -0.05) is 0 Å². The van der Waals surface area contributed by atoms with Crippen molar-refractivity contribution >= 4 is 47.8 Å². The Hall–Kier alpha value is 0.807. The fourth-order valence-electron chi connectivity index (χ4n) is 4.06. The molecule has 0 aromatic carbocycles. The summed E-state index contributed by atoms with van der Waals surface area (Å²) in [6.07, 6.45) is -25.8. The first-order valence-corrected chi connectivity index (χ1v) is 14.7. The Labute approximate surface area is 262 Å². The first-order valence-electron chi connectivity index (χ1n) is 12.1. The molecule has 0 saturated carbocycles. The van der Waals surface area contributed by atoms with E-state index in [0.29, 0.717) is 0 Å². The molecule has 246 valence electrons. The molecule has 0 spiro atoms. The van der Waals surface area contributed by atoms with E-state index in [1.54, 1.807) is 0 Å². The number of aliphatic hydroxyl groups is 13. The van der Waals surface area contributed by atoms with Gasteiger partial charge in [0, 0.05) is 0 Å². The summed E-state index contributed by atoms with van der Waals surface area (Å²) in [5.74, 6) is -2.44. The summed E-state index contributed by atoms with van der Waals surface area (Å²) in [5, 5.41) is 129. The van der Waals surface area contributed by atoms with Crippen LogP contribution in [0.15, 0.2) is 0 Å². The Bertz CT molecular complexity index is 864. The second-order valence-corrected chi connectivity index (χ2v) is 13.2. The molecule has 42 heavy (non-hydrogen) atoms. The van der Waals surface area contributed by atoms with Gasteiger partial charge in [0.15, 0.2) is 0 Å². The Morgan fingerprint density at radius 2 is 1.43 bits per heavy atom. The fraction of sp³-hybridized carbons (Fsp3) is 1.00. The summed E-state index contributed by atoms with van der Waals surface area (Å²) in [6.45, 7) is -3.78. The molecule has 0 bridgehead atoms. The van der Waals surface area contributed by atoms with E-state index < -0.39 is 120 Å². The van der Waals surface area contributed by atoms with Crippen LogP contribution < -0.4 is 0 Å². The van der Waals surface area contributed by atoms with Crippen LogP contribution in [0.2, 0.25) is 0 Å². The van der Waals surface area contributed by atoms with Crippen molar-refractivity contribution in [3.05, 3.63) is 0 Å². The zero-order chi connectivity index (χ0) is 30.9. The summed E-state index contributed by atoms with van der Waals surface area (Å²) in [4.78, 5) is 0. The third-order valence-corrected chi connectivity index (χ3v) is 10.8. The van der Waals surface area contributed by atoms with Crippen LogP contribution in [-0.4, -0.2) is 218 Å². The van der Waals surface area contributed by atoms with Gasteiger partial charge >= 0.3 is 263 Å². The van der Waals surface area contributed by atoms with Crippen LogP contribution in [0, 0.1) is 0 Å². The van der Waals surface area contributed by atoms with Crippen LogP contribution >= 0.6 is 7.74 Å². The van der Waals surface area contributed by atoms with Crippen molar-refractivity contribution in [2.75, 3.05) is 26.4 Å². The zero-order valence-corrected chi connectivity index (χ0v) is 24.3. The summed E-state index contributed by atoms with van der Waals surface area (Å²) >= 11 is 0. The van der Waals surface area contributed by atoms with E-state index in [9.17, 15) is 61.3 Å². The molecule has 21 nitrogen and oxygen atoms in total. The van der Waals surface area contributed by atoms with E-state index in [1.807, 2.05) is 0 Å². The number of hydrogen-bond donors (Lipinski definition) is 13. The van der Waals surface area contributed by atoms with Gasteiger partial charge < -0.3 is 0 Å². The Balaban J connectivity index is 0.00000616. The number of ether oxygens (including phenoxy) is 3. The molecule has 3 rings (SSSR count). The minimum atomic E-state index is -5.17. The molecule has 0 amide bonds. The first-order chi connectivity index (χ1) is 19.1. The summed E-state index contributed by atoms with van der Waals surface area (Å²) in [6, 6.07) is 0. The maximum atomic E-state index is 10.4. The van der Waals surface area contributed by atoms with Gasteiger partial charge in [0.05, 0.1) is 0 Å². The standard InChI is InChI=1S/C18H37O21PSi.Na.H/c19-1-5(22)8(23)11(26)13(28)16(31)36-40(39-41,37-38-40)32-3-7-9(24)12(27)14(29)17(33-7)35-18(4-21)15(30)10(25)6(2-20)34-18;;/h5-17,19-31H,1-4H2,41H3;;/t5-,6-,7-,8-,9-,10-,11+,12+,13+,14-,15+,16?,17-,18+;;/m1../s1. The van der Waals surface area contributed by atoms with Crippen LogP contribution in [0.25, 0.3) is 0 Å². The summed E-state index contributed by atoms with van der Waals surface area (Å²) in [7, 11) is -5.44. The van der Waals surface area contributed by atoms with Gasteiger partial charge in [-0.3, -0.25) is 0 Å². The van der Waals surface area contributed by atoms with Gasteiger partial charge in [0.1, 0.15) is 0 Å². The third-order valence-electron chi connectivity index (χ3n) is 6.75. The van der Waals surface area contributed by atoms with Crippen LogP contribution in [0.4, 0.5) is 0 Å². The van der Waals surface area contributed by atoms with Crippen LogP contribution in [0.1, 0.15) is 0 Å². The minimum absolute atomic E-state index is 0. The molecule has 14 atom stereocenters. The van der Waals surface area contributed by atoms with Gasteiger partial charge in [0.2, 0.25) is 0 Å². The second kappa shape index (κ2) is 15.1. The second-order valence-electron chi connectivity index (χ2n) is 9.47. The van der Waals surface area contributed by atoms with Crippen molar-refractivity contribution in [3.8, 4) is 0 Å². The van der Waals surface area contributed by atoms with Crippen molar-refractivity contribution in [3.63, 3.8) is 0 Å². The molecule has 3 saturated heterocycles. The van der Waals surface area contributed by atoms with Crippen LogP contribution in [0.3, 0.4) is 0 Å². The molecule has 0 aliphatic carbocycles. The molecule has 3 aliphatic heterocycles. The molecule has 24 heteroatoms. The van der Waals surface area contributed by atoms with E-state index in [1.165, 1.54) is 0 Å². The first kappa shape index (κ1) is 39.0. The third kappa shape index (κ3) is 7.67. The topological polar surface area (TPSA) is 343 Å². The SMILES string of the molecule is OC[C@@H](O)[C@@H](O)[C@H](O)[C@H](O)C(O)OP1(O[SiH3])(OC[C@H]2O[C@H](O[C@]3(CO)O[C@H](CO)[C@@H](O)[C@@H]3O)[C@H](O)[C@@H](O)[C@@H]2O)OO1.[NaH]. The number of hydrogen-bond acceptors (Lipinski definition) is 21. The molecule has 3 fully saturated rings. The molecule has 3 aliphatic rings. The predicted molar refractivity (Wildman–Crippen MR) is 133 cm³/mol. The normalized spacial score (nSPS) is 42.0. The maximum absolute atomic E-state index is 10.4. The molecule has 0 radical (unpaired) electrons. The Morgan fingerprint density at radius 3 is 1.90 bits per heavy atom. The average molecular weight is 673 g/mol. The van der Waals surface area contributed by atoms with Gasteiger partial charge in [-0.2, -0.15) is 0 Å². The molecular formula is C18H38NaO21PSi. The number of aliphatic hydroxyl groups excluding tert-OH is 13. The Kier molecular flexibility index (Phi) is 14.1. The van der Waals surface area contributed by atoms with Crippen molar-refractivity contribution in [1.29, 1.82) is 0 Å². The van der Waals surface area contributed by atoms with Crippen molar-refractivity contribution in [1.82, 2.24) is 0 Å². The van der Waals surface area contributed by atoms with E-state index >= 15 is 0 Å². The van der Waals surface area contributed by atoms with Gasteiger partial charge in [0.25, 0.3) is 0 Å². The Morgan fingerprint density at radius 1 is 0.810 bits per heavy atom. The molecular weight excluding hydrogens is 634 g/mol. The molecule has 0 aromatic heterocycles. The van der Waals surface area contributed by atoms with Crippen molar-refractivity contribution in [2.24, 2.45) is 0 Å². The molecule has 0 aromatic rings. The number of rotatable bonds is 15. The predicted octanol–water partition coefficient (Wildman–Crippen LogP) is -9.86. The van der Waals surface area contributed by atoms with E-state index in [2.05, 4.69) is 0 Å². The monoisotopic (exact) mass is 672 g/mol. The van der Waals surface area contributed by atoms with E-state index in [4.69, 9.17) is 41.9 Å². The van der Waals surface area contributed by atoms with Crippen molar-refractivity contribution < 1.29 is 103 Å². The molecule has 1 unspecified atom stereocenters. The quantitative estimate of drug-likeness (QED) is 0.0252. The molecule has 13 N–H and O–H groups in total. The van der Waals surface area contributed by atoms with Gasteiger partial charge in [-0.15, -0.1) is 0 Å². The van der Waals surface area contributed by atoms with Crippen LogP contribution in [0.5, 0.6) is 0 Å². The fourth-order valence-corrected chi connectivity index (χ4v) is 6.73. The average Bonchev–Trinajstić information content (AvgIpc) is 3.65. The summed E-state index contributed by atoms with van der Waals surface area (Å²) < 4.78 is 41.0. The molecule has 3 heterocycles. The van der Waals surface area contributed by atoms with Gasteiger partial charge in [-0.05, 0) is 0 Å². The van der Waals surface area contributed by atoms with Gasteiger partial charge in [-0.25, -0.2) is 0 Å². The van der Waals surface area contributed by atoms with E-state index in [0.717, 1.165) is 0 Å². The zero-order valence-electron chi connectivity index (χ0n) is 21.4.